The molecular weight excluding hydrogens is 290 g/mol. The highest BCUT2D eigenvalue weighted by atomic mass is 32.2. The van der Waals surface area contributed by atoms with Crippen molar-refractivity contribution >= 4 is 21.5 Å². The molecule has 3 N–H and O–H groups in total. The molecule has 0 aliphatic heterocycles. The molecule has 7 nitrogen and oxygen atoms in total. The molecule has 0 saturated carbocycles. The van der Waals surface area contributed by atoms with E-state index in [9.17, 15) is 8.42 Å². The fourth-order valence-electron chi connectivity index (χ4n) is 1.95. The van der Waals surface area contributed by atoms with Gasteiger partial charge in [0.05, 0.1) is 23.3 Å². The van der Waals surface area contributed by atoms with Crippen LogP contribution in [0.4, 0.5) is 11.5 Å². The van der Waals surface area contributed by atoms with Gasteiger partial charge in [-0.05, 0) is 32.4 Å². The van der Waals surface area contributed by atoms with Crippen LogP contribution in [0.2, 0.25) is 0 Å². The molecule has 2 rings (SSSR count). The zero-order valence-electron chi connectivity index (χ0n) is 12.3. The van der Waals surface area contributed by atoms with E-state index in [2.05, 4.69) is 32.1 Å². The summed E-state index contributed by atoms with van der Waals surface area (Å²) in [6.07, 6.45) is 2.61. The summed E-state index contributed by atoms with van der Waals surface area (Å²) in [7, 11) is -3.69. The van der Waals surface area contributed by atoms with Gasteiger partial charge in [-0.3, -0.25) is 9.82 Å². The van der Waals surface area contributed by atoms with Crippen LogP contribution >= 0.6 is 0 Å². The Morgan fingerprint density at radius 3 is 2.57 bits per heavy atom. The van der Waals surface area contributed by atoms with Crippen molar-refractivity contribution < 1.29 is 8.42 Å². The molecule has 0 amide bonds. The highest BCUT2D eigenvalue weighted by Crippen LogP contribution is 2.20. The quantitative estimate of drug-likeness (QED) is 0.758. The molecule has 0 spiro atoms. The summed E-state index contributed by atoms with van der Waals surface area (Å²) in [5.74, 6) is 0.275. The number of pyridine rings is 1. The standard InChI is InChI=1S/C13H19N5O2S/c1-4-7-14-11-5-6-12(15-8-11)18-21(19,20)13-9(2)16-17-10(13)3/h5-6,8,14H,4,7H2,1-3H3,(H,15,18)(H,16,17). The first-order valence-corrected chi connectivity index (χ1v) is 8.16. The lowest BCUT2D eigenvalue weighted by Crippen LogP contribution is -2.15. The smallest absolute Gasteiger partial charge is 0.266 e. The summed E-state index contributed by atoms with van der Waals surface area (Å²) in [6, 6.07) is 3.41. The molecule has 2 aromatic rings. The summed E-state index contributed by atoms with van der Waals surface area (Å²) in [5, 5.41) is 9.73. The SMILES string of the molecule is CCCNc1ccc(NS(=O)(=O)c2c(C)n[nH]c2C)nc1. The monoisotopic (exact) mass is 309 g/mol. The topological polar surface area (TPSA) is 99.8 Å². The number of sulfonamides is 1. The van der Waals surface area contributed by atoms with Crippen molar-refractivity contribution in [1.82, 2.24) is 15.2 Å². The van der Waals surface area contributed by atoms with Crippen molar-refractivity contribution in [2.75, 3.05) is 16.6 Å². The van der Waals surface area contributed by atoms with Crippen LogP contribution in [-0.2, 0) is 10.0 Å². The van der Waals surface area contributed by atoms with Gasteiger partial charge < -0.3 is 5.32 Å². The van der Waals surface area contributed by atoms with Gasteiger partial charge in [0.1, 0.15) is 10.7 Å². The van der Waals surface area contributed by atoms with Gasteiger partial charge in [0.2, 0.25) is 0 Å². The van der Waals surface area contributed by atoms with E-state index < -0.39 is 10.0 Å². The number of aryl methyl sites for hydroxylation is 2. The van der Waals surface area contributed by atoms with Gasteiger partial charge >= 0.3 is 0 Å². The molecule has 0 aliphatic carbocycles. The number of nitrogens with zero attached hydrogens (tertiary/aromatic N) is 2. The van der Waals surface area contributed by atoms with Crippen molar-refractivity contribution in [3.05, 3.63) is 29.7 Å². The highest BCUT2D eigenvalue weighted by Gasteiger charge is 2.22. The number of anilines is 2. The minimum Gasteiger partial charge on any atom is -0.384 e. The molecular formula is C13H19N5O2S. The van der Waals surface area contributed by atoms with Crippen LogP contribution in [0.5, 0.6) is 0 Å². The van der Waals surface area contributed by atoms with Gasteiger partial charge in [0.25, 0.3) is 10.0 Å². The van der Waals surface area contributed by atoms with Crippen molar-refractivity contribution in [2.24, 2.45) is 0 Å². The normalized spacial score (nSPS) is 11.4. The maximum Gasteiger partial charge on any atom is 0.266 e. The van der Waals surface area contributed by atoms with Crippen LogP contribution in [0.15, 0.2) is 23.2 Å². The van der Waals surface area contributed by atoms with Gasteiger partial charge in [-0.2, -0.15) is 5.10 Å². The lowest BCUT2D eigenvalue weighted by Gasteiger charge is -2.09. The van der Waals surface area contributed by atoms with Crippen molar-refractivity contribution in [1.29, 1.82) is 0 Å². The van der Waals surface area contributed by atoms with Crippen LogP contribution in [0.3, 0.4) is 0 Å². The number of H-pyrrole nitrogens is 1. The molecule has 0 atom stereocenters. The van der Waals surface area contributed by atoms with E-state index in [0.29, 0.717) is 11.4 Å². The van der Waals surface area contributed by atoms with E-state index in [1.54, 1.807) is 32.2 Å². The molecule has 0 bridgehead atoms. The van der Waals surface area contributed by atoms with Gasteiger partial charge in [0, 0.05) is 6.54 Å². The number of aromatic amines is 1. The summed E-state index contributed by atoms with van der Waals surface area (Å²) >= 11 is 0. The Morgan fingerprint density at radius 2 is 2.05 bits per heavy atom. The maximum atomic E-state index is 12.3. The summed E-state index contributed by atoms with van der Waals surface area (Å²) in [6.45, 7) is 6.22. The number of aromatic nitrogens is 3. The third-order valence-electron chi connectivity index (χ3n) is 2.91. The molecule has 0 aliphatic rings. The zero-order chi connectivity index (χ0) is 15.5. The molecule has 114 valence electrons. The Kier molecular flexibility index (Phi) is 4.46. The molecule has 2 heterocycles. The summed E-state index contributed by atoms with van der Waals surface area (Å²) < 4.78 is 27.1. The second-order valence-electron chi connectivity index (χ2n) is 4.73. The number of hydrogen-bond acceptors (Lipinski definition) is 5. The first kappa shape index (κ1) is 15.3. The maximum absolute atomic E-state index is 12.3. The van der Waals surface area contributed by atoms with Crippen molar-refractivity contribution in [2.45, 2.75) is 32.1 Å². The van der Waals surface area contributed by atoms with E-state index in [0.717, 1.165) is 18.7 Å². The minimum absolute atomic E-state index is 0.164. The minimum atomic E-state index is -3.69. The van der Waals surface area contributed by atoms with Crippen LogP contribution in [0.1, 0.15) is 24.7 Å². The fourth-order valence-corrected chi connectivity index (χ4v) is 3.33. The molecule has 0 aromatic carbocycles. The van der Waals surface area contributed by atoms with Gasteiger partial charge in [-0.25, -0.2) is 13.4 Å². The van der Waals surface area contributed by atoms with E-state index in [1.165, 1.54) is 0 Å². The lowest BCUT2D eigenvalue weighted by atomic mass is 10.4. The lowest BCUT2D eigenvalue weighted by molar-refractivity contribution is 0.600. The van der Waals surface area contributed by atoms with Crippen LogP contribution in [0, 0.1) is 13.8 Å². The second kappa shape index (κ2) is 6.13. The number of hydrogen-bond donors (Lipinski definition) is 3. The number of rotatable bonds is 6. The van der Waals surface area contributed by atoms with E-state index >= 15 is 0 Å². The van der Waals surface area contributed by atoms with Crippen molar-refractivity contribution in [3.8, 4) is 0 Å². The Balaban J connectivity index is 2.17. The van der Waals surface area contributed by atoms with Crippen LogP contribution in [0.25, 0.3) is 0 Å². The molecule has 0 unspecified atom stereocenters. The molecule has 0 fully saturated rings. The Labute approximate surface area is 124 Å². The van der Waals surface area contributed by atoms with Gasteiger partial charge in [-0.15, -0.1) is 0 Å². The Hall–Kier alpha value is -2.09. The molecule has 0 saturated heterocycles. The fraction of sp³-hybridized carbons (Fsp3) is 0.385. The first-order chi connectivity index (χ1) is 9.94. The predicted molar refractivity (Wildman–Crippen MR) is 81.9 cm³/mol. The average molecular weight is 309 g/mol. The Morgan fingerprint density at radius 1 is 1.29 bits per heavy atom. The average Bonchev–Trinajstić information content (AvgIpc) is 2.77. The Bertz CT molecular complexity index is 687. The molecule has 8 heteroatoms. The molecule has 21 heavy (non-hydrogen) atoms. The largest absolute Gasteiger partial charge is 0.384 e. The van der Waals surface area contributed by atoms with Gasteiger partial charge in [-0.1, -0.05) is 6.92 Å². The molecule has 2 aromatic heterocycles. The van der Waals surface area contributed by atoms with E-state index in [1.807, 2.05) is 0 Å². The third-order valence-corrected chi connectivity index (χ3v) is 4.53. The van der Waals surface area contributed by atoms with Crippen molar-refractivity contribution in [3.63, 3.8) is 0 Å². The van der Waals surface area contributed by atoms with Crippen LogP contribution in [-0.4, -0.2) is 30.1 Å². The van der Waals surface area contributed by atoms with E-state index in [-0.39, 0.29) is 10.7 Å². The number of nitrogens with one attached hydrogen (secondary N) is 3. The zero-order valence-corrected chi connectivity index (χ0v) is 13.1. The van der Waals surface area contributed by atoms with Crippen LogP contribution < -0.4 is 10.0 Å². The predicted octanol–water partition coefficient (Wildman–Crippen LogP) is 2.04. The third kappa shape index (κ3) is 3.52. The summed E-state index contributed by atoms with van der Waals surface area (Å²) in [4.78, 5) is 4.27. The second-order valence-corrected chi connectivity index (χ2v) is 6.35. The molecule has 0 radical (unpaired) electrons. The van der Waals surface area contributed by atoms with E-state index in [4.69, 9.17) is 0 Å². The summed E-state index contributed by atoms with van der Waals surface area (Å²) in [5.41, 5.74) is 1.79. The highest BCUT2D eigenvalue weighted by molar-refractivity contribution is 7.92. The first-order valence-electron chi connectivity index (χ1n) is 6.68. The van der Waals surface area contributed by atoms with Gasteiger partial charge in [0.15, 0.2) is 0 Å².